The highest BCUT2D eigenvalue weighted by molar-refractivity contribution is 7.17. The molecule has 0 saturated carbocycles. The molecule has 1 fully saturated rings. The Morgan fingerprint density at radius 2 is 2.09 bits per heavy atom. The topological polar surface area (TPSA) is 76.5 Å². The van der Waals surface area contributed by atoms with Crippen molar-refractivity contribution < 1.29 is 13.9 Å². The van der Waals surface area contributed by atoms with E-state index in [1.54, 1.807) is 35.9 Å². The van der Waals surface area contributed by atoms with Crippen LogP contribution >= 0.6 is 11.3 Å². The van der Waals surface area contributed by atoms with Gasteiger partial charge < -0.3 is 15.0 Å². The fourth-order valence-electron chi connectivity index (χ4n) is 4.44. The number of hydrogen-bond acceptors (Lipinski definition) is 6. The molecule has 3 heterocycles. The summed E-state index contributed by atoms with van der Waals surface area (Å²) in [6, 6.07) is 15.6. The van der Waals surface area contributed by atoms with Crippen LogP contribution in [0.2, 0.25) is 0 Å². The van der Waals surface area contributed by atoms with Crippen LogP contribution in [0, 0.1) is 11.7 Å². The minimum atomic E-state index is -0.339. The first-order valence-corrected chi connectivity index (χ1v) is 12.3. The highest BCUT2D eigenvalue weighted by Gasteiger charge is 2.29. The maximum atomic E-state index is 14.0. The van der Waals surface area contributed by atoms with Crippen molar-refractivity contribution in [3.8, 4) is 11.4 Å². The van der Waals surface area contributed by atoms with Crippen molar-refractivity contribution in [3.63, 3.8) is 0 Å². The number of carbonyl (C=O) groups excluding carboxylic acids is 1. The summed E-state index contributed by atoms with van der Waals surface area (Å²) in [4.78, 5) is 33.3. The van der Waals surface area contributed by atoms with Crippen molar-refractivity contribution in [1.82, 2.24) is 14.9 Å². The third-order valence-electron chi connectivity index (χ3n) is 6.26. The van der Waals surface area contributed by atoms with Gasteiger partial charge in [0.1, 0.15) is 16.3 Å². The predicted octanol–water partition coefficient (Wildman–Crippen LogP) is 4.13. The van der Waals surface area contributed by atoms with E-state index in [2.05, 4.69) is 5.32 Å². The van der Waals surface area contributed by atoms with Gasteiger partial charge in [-0.15, -0.1) is 11.3 Å². The first-order valence-electron chi connectivity index (χ1n) is 11.5. The molecule has 1 aliphatic rings. The van der Waals surface area contributed by atoms with Gasteiger partial charge in [-0.2, -0.15) is 0 Å². The summed E-state index contributed by atoms with van der Waals surface area (Å²) in [6.07, 6.45) is 1.48. The Labute approximate surface area is 205 Å². The number of nitrogens with one attached hydrogen (secondary N) is 1. The van der Waals surface area contributed by atoms with Gasteiger partial charge in [-0.05, 0) is 42.5 Å². The zero-order chi connectivity index (χ0) is 24.4. The number of carbonyl (C=O) groups is 1. The zero-order valence-electron chi connectivity index (χ0n) is 19.2. The Balaban J connectivity index is 1.45. The first-order chi connectivity index (χ1) is 17.0. The molecule has 0 aliphatic carbocycles. The van der Waals surface area contributed by atoms with E-state index in [1.165, 1.54) is 17.4 Å². The minimum Gasteiger partial charge on any atom is -0.497 e. The molecule has 35 heavy (non-hydrogen) atoms. The lowest BCUT2D eigenvalue weighted by Gasteiger charge is -2.34. The number of amides is 1. The first kappa shape index (κ1) is 23.0. The quantitative estimate of drug-likeness (QED) is 0.438. The molecule has 1 atom stereocenters. The number of aromatic nitrogens is 2. The van der Waals surface area contributed by atoms with Gasteiger partial charge in [-0.1, -0.05) is 24.3 Å². The number of thiophene rings is 1. The lowest BCUT2D eigenvalue weighted by Crippen LogP contribution is -2.45. The number of piperidine rings is 1. The maximum Gasteiger partial charge on any atom is 0.277 e. The van der Waals surface area contributed by atoms with Crippen LogP contribution in [0.15, 0.2) is 64.8 Å². The molecule has 7 nitrogen and oxygen atoms in total. The molecule has 0 unspecified atom stereocenters. The van der Waals surface area contributed by atoms with Crippen LogP contribution < -0.4 is 20.5 Å². The number of fused-ring (bicyclic) bond motifs is 1. The molecule has 0 radical (unpaired) electrons. The molecule has 0 spiro atoms. The summed E-state index contributed by atoms with van der Waals surface area (Å²) in [6.45, 7) is 1.22. The molecule has 1 amide bonds. The average Bonchev–Trinajstić information content (AvgIpc) is 3.37. The Kier molecular flexibility index (Phi) is 6.50. The SMILES string of the molecule is COc1cccc(-n2c(N3CCC[C@@H](C(=O)NCc4ccccc4F)C3)nc3ccsc3c2=O)c1. The van der Waals surface area contributed by atoms with Gasteiger partial charge in [0.25, 0.3) is 5.56 Å². The van der Waals surface area contributed by atoms with Crippen LogP contribution in [-0.2, 0) is 11.3 Å². The van der Waals surface area contributed by atoms with E-state index in [1.807, 2.05) is 34.5 Å². The molecule has 1 N–H and O–H groups in total. The van der Waals surface area contributed by atoms with Gasteiger partial charge in [0.05, 0.1) is 24.2 Å². The normalized spacial score (nSPS) is 15.8. The van der Waals surface area contributed by atoms with Crippen LogP contribution in [0.3, 0.4) is 0 Å². The molecular weight excluding hydrogens is 467 g/mol. The number of hydrogen-bond donors (Lipinski definition) is 1. The Morgan fingerprint density at radius 3 is 2.91 bits per heavy atom. The Hall–Kier alpha value is -3.72. The summed E-state index contributed by atoms with van der Waals surface area (Å²) in [5.41, 5.74) is 1.59. The zero-order valence-corrected chi connectivity index (χ0v) is 20.1. The second-order valence-electron chi connectivity index (χ2n) is 8.48. The van der Waals surface area contributed by atoms with Gasteiger partial charge in [0.15, 0.2) is 0 Å². The fraction of sp³-hybridized carbons (Fsp3) is 0.269. The van der Waals surface area contributed by atoms with E-state index in [0.29, 0.717) is 52.7 Å². The minimum absolute atomic E-state index is 0.134. The summed E-state index contributed by atoms with van der Waals surface area (Å²) in [7, 11) is 1.58. The van der Waals surface area contributed by atoms with Crippen LogP contribution in [0.1, 0.15) is 18.4 Å². The standard InChI is InChI=1S/C26H25FN4O3S/c1-34-20-9-4-8-19(14-20)31-25(33)23-22(11-13-35-23)29-26(31)30-12-5-7-18(16-30)24(32)28-15-17-6-2-3-10-21(17)27/h2-4,6,8-11,13-14,18H,5,7,12,15-16H2,1H3,(H,28,32)/t18-/m1/s1. The average molecular weight is 493 g/mol. The molecule has 4 aromatic rings. The van der Waals surface area contributed by atoms with E-state index >= 15 is 0 Å². The highest BCUT2D eigenvalue weighted by Crippen LogP contribution is 2.27. The second-order valence-corrected chi connectivity index (χ2v) is 9.40. The van der Waals surface area contributed by atoms with Crippen LogP contribution in [0.5, 0.6) is 5.75 Å². The number of methoxy groups -OCH3 is 1. The summed E-state index contributed by atoms with van der Waals surface area (Å²) >= 11 is 1.36. The lowest BCUT2D eigenvalue weighted by atomic mass is 9.97. The number of anilines is 1. The van der Waals surface area contributed by atoms with E-state index in [4.69, 9.17) is 9.72 Å². The number of nitrogens with zero attached hydrogens (tertiary/aromatic N) is 3. The Morgan fingerprint density at radius 1 is 1.23 bits per heavy atom. The molecule has 1 aliphatic heterocycles. The molecule has 9 heteroatoms. The van der Waals surface area contributed by atoms with Crippen molar-refractivity contribution >= 4 is 33.4 Å². The van der Waals surface area contributed by atoms with E-state index in [0.717, 1.165) is 6.42 Å². The van der Waals surface area contributed by atoms with Crippen molar-refractivity contribution in [1.29, 1.82) is 0 Å². The molecule has 2 aromatic carbocycles. The fourth-order valence-corrected chi connectivity index (χ4v) is 5.20. The van der Waals surface area contributed by atoms with E-state index in [9.17, 15) is 14.0 Å². The van der Waals surface area contributed by atoms with Gasteiger partial charge in [-0.3, -0.25) is 9.59 Å². The smallest absolute Gasteiger partial charge is 0.277 e. The molecule has 5 rings (SSSR count). The van der Waals surface area contributed by atoms with E-state index in [-0.39, 0.29) is 29.7 Å². The van der Waals surface area contributed by atoms with Crippen molar-refractivity contribution in [2.75, 3.05) is 25.1 Å². The van der Waals surface area contributed by atoms with Gasteiger partial charge in [0.2, 0.25) is 11.9 Å². The number of rotatable bonds is 6. The molecule has 180 valence electrons. The monoisotopic (exact) mass is 492 g/mol. The molecule has 0 bridgehead atoms. The maximum absolute atomic E-state index is 14.0. The van der Waals surface area contributed by atoms with Crippen LogP contribution in [0.4, 0.5) is 10.3 Å². The molecular formula is C26H25FN4O3S. The Bertz CT molecular complexity index is 1430. The van der Waals surface area contributed by atoms with Crippen molar-refractivity contribution in [3.05, 3.63) is 81.7 Å². The summed E-state index contributed by atoms with van der Waals surface area (Å²) in [5.74, 6) is 0.360. The lowest BCUT2D eigenvalue weighted by molar-refractivity contribution is -0.125. The number of benzene rings is 2. The predicted molar refractivity (Wildman–Crippen MR) is 135 cm³/mol. The van der Waals surface area contributed by atoms with Crippen molar-refractivity contribution in [2.24, 2.45) is 5.92 Å². The summed E-state index contributed by atoms with van der Waals surface area (Å²) in [5, 5.41) is 4.73. The van der Waals surface area contributed by atoms with Gasteiger partial charge in [-0.25, -0.2) is 13.9 Å². The third kappa shape index (κ3) is 4.64. The molecule has 2 aromatic heterocycles. The third-order valence-corrected chi connectivity index (χ3v) is 7.15. The van der Waals surface area contributed by atoms with E-state index < -0.39 is 0 Å². The van der Waals surface area contributed by atoms with Gasteiger partial charge >= 0.3 is 0 Å². The largest absolute Gasteiger partial charge is 0.497 e. The second kappa shape index (κ2) is 9.87. The number of halogens is 1. The van der Waals surface area contributed by atoms with Gasteiger partial charge in [0, 0.05) is 31.3 Å². The highest BCUT2D eigenvalue weighted by atomic mass is 32.1. The summed E-state index contributed by atoms with van der Waals surface area (Å²) < 4.78 is 21.5. The van der Waals surface area contributed by atoms with Crippen LogP contribution in [0.25, 0.3) is 15.9 Å². The number of ether oxygens (including phenoxy) is 1. The molecule has 1 saturated heterocycles. The van der Waals surface area contributed by atoms with Crippen LogP contribution in [-0.4, -0.2) is 35.7 Å². The van der Waals surface area contributed by atoms with Crippen molar-refractivity contribution in [2.45, 2.75) is 19.4 Å².